The molecule has 1 N–H and O–H groups in total. The third-order valence-corrected chi connectivity index (χ3v) is 3.28. The molecule has 1 atom stereocenters. The van der Waals surface area contributed by atoms with E-state index >= 15 is 0 Å². The summed E-state index contributed by atoms with van der Waals surface area (Å²) in [6.45, 7) is 1.75. The lowest BCUT2D eigenvalue weighted by molar-refractivity contribution is -0.384. The number of aliphatic carboxylic acids is 1. The summed E-state index contributed by atoms with van der Waals surface area (Å²) in [5, 5.41) is 20.6. The maximum atomic E-state index is 11.3. The van der Waals surface area contributed by atoms with Crippen molar-refractivity contribution in [2.45, 2.75) is 19.4 Å². The minimum atomic E-state index is -0.975. The van der Waals surface area contributed by atoms with Crippen LogP contribution in [0.15, 0.2) is 24.5 Å². The molecule has 21 heavy (non-hydrogen) atoms. The molecular formula is C13H14N4O4. The molecule has 1 heterocycles. The van der Waals surface area contributed by atoms with Crippen molar-refractivity contribution in [3.63, 3.8) is 0 Å². The van der Waals surface area contributed by atoms with Gasteiger partial charge in [-0.1, -0.05) is 6.92 Å². The summed E-state index contributed by atoms with van der Waals surface area (Å²) in [5.74, 6) is -0.616. The minimum Gasteiger partial charge on any atom is -0.480 e. The molecule has 0 bridgehead atoms. The number of non-ortho nitro benzene ring substituents is 1. The molecule has 0 radical (unpaired) electrons. The molecule has 110 valence electrons. The van der Waals surface area contributed by atoms with E-state index in [-0.39, 0.29) is 5.69 Å². The van der Waals surface area contributed by atoms with Gasteiger partial charge in [-0.2, -0.15) is 0 Å². The van der Waals surface area contributed by atoms with Crippen LogP contribution in [-0.4, -0.2) is 39.1 Å². The average Bonchev–Trinajstić information content (AvgIpc) is 2.46. The lowest BCUT2D eigenvalue weighted by Gasteiger charge is -2.25. The Morgan fingerprint density at radius 3 is 2.76 bits per heavy atom. The van der Waals surface area contributed by atoms with Gasteiger partial charge in [-0.15, -0.1) is 0 Å². The van der Waals surface area contributed by atoms with Gasteiger partial charge in [-0.05, 0) is 12.5 Å². The largest absolute Gasteiger partial charge is 0.480 e. The van der Waals surface area contributed by atoms with E-state index in [2.05, 4.69) is 9.97 Å². The molecule has 1 unspecified atom stereocenters. The molecule has 8 nitrogen and oxygen atoms in total. The highest BCUT2D eigenvalue weighted by Gasteiger charge is 2.24. The Labute approximate surface area is 120 Å². The van der Waals surface area contributed by atoms with Crippen LogP contribution in [0.3, 0.4) is 0 Å². The first-order valence-electron chi connectivity index (χ1n) is 6.30. The summed E-state index contributed by atoms with van der Waals surface area (Å²) in [4.78, 5) is 31.3. The smallest absolute Gasteiger partial charge is 0.326 e. The van der Waals surface area contributed by atoms with Crippen LogP contribution in [0.2, 0.25) is 0 Å². The first kappa shape index (κ1) is 14.6. The summed E-state index contributed by atoms with van der Waals surface area (Å²) in [6.07, 6.45) is 1.70. The maximum absolute atomic E-state index is 11.3. The van der Waals surface area contributed by atoms with E-state index in [1.165, 1.54) is 29.4 Å². The van der Waals surface area contributed by atoms with Crippen LogP contribution in [0, 0.1) is 10.1 Å². The zero-order valence-electron chi connectivity index (χ0n) is 11.6. The van der Waals surface area contributed by atoms with Gasteiger partial charge in [-0.3, -0.25) is 10.1 Å². The maximum Gasteiger partial charge on any atom is 0.326 e. The number of rotatable bonds is 5. The van der Waals surface area contributed by atoms with E-state index in [0.29, 0.717) is 23.1 Å². The lowest BCUT2D eigenvalue weighted by Crippen LogP contribution is -2.38. The van der Waals surface area contributed by atoms with Crippen molar-refractivity contribution in [2.75, 3.05) is 11.9 Å². The van der Waals surface area contributed by atoms with E-state index in [4.69, 9.17) is 0 Å². The number of carbonyl (C=O) groups is 1. The molecule has 0 aliphatic rings. The Morgan fingerprint density at radius 1 is 1.48 bits per heavy atom. The van der Waals surface area contributed by atoms with E-state index in [9.17, 15) is 20.0 Å². The Balaban J connectivity index is 2.59. The van der Waals surface area contributed by atoms with Crippen LogP contribution in [0.1, 0.15) is 13.3 Å². The minimum absolute atomic E-state index is 0.0877. The number of hydrogen-bond donors (Lipinski definition) is 1. The van der Waals surface area contributed by atoms with E-state index in [1.54, 1.807) is 14.0 Å². The number of hydrogen-bond acceptors (Lipinski definition) is 6. The highest BCUT2D eigenvalue weighted by atomic mass is 16.6. The first-order chi connectivity index (χ1) is 9.95. The van der Waals surface area contributed by atoms with Gasteiger partial charge in [0.15, 0.2) is 0 Å². The van der Waals surface area contributed by atoms with Crippen molar-refractivity contribution >= 4 is 28.4 Å². The van der Waals surface area contributed by atoms with Gasteiger partial charge < -0.3 is 10.0 Å². The summed E-state index contributed by atoms with van der Waals surface area (Å²) in [6, 6.07) is 3.47. The van der Waals surface area contributed by atoms with Crippen LogP contribution in [0.5, 0.6) is 0 Å². The summed E-state index contributed by atoms with van der Waals surface area (Å²) < 4.78 is 0. The van der Waals surface area contributed by atoms with Crippen molar-refractivity contribution in [3.8, 4) is 0 Å². The standard InChI is InChI=1S/C13H14N4O4/c1-3-11(13(18)19)16(2)12-9-6-8(17(20)21)4-5-10(9)14-7-15-12/h4-7,11H,3H2,1-2H3,(H,18,19). The second-order valence-corrected chi connectivity index (χ2v) is 4.53. The Bertz CT molecular complexity index is 704. The van der Waals surface area contributed by atoms with Crippen LogP contribution < -0.4 is 4.90 Å². The number of likely N-dealkylation sites (N-methyl/N-ethyl adjacent to an activating group) is 1. The quantitative estimate of drug-likeness (QED) is 0.660. The fraction of sp³-hybridized carbons (Fsp3) is 0.308. The van der Waals surface area contributed by atoms with Gasteiger partial charge in [0.25, 0.3) is 5.69 Å². The molecule has 0 saturated heterocycles. The van der Waals surface area contributed by atoms with Gasteiger partial charge in [0, 0.05) is 24.6 Å². The summed E-state index contributed by atoms with van der Waals surface area (Å²) in [7, 11) is 1.60. The van der Waals surface area contributed by atoms with Crippen LogP contribution in [0.25, 0.3) is 10.9 Å². The molecule has 8 heteroatoms. The van der Waals surface area contributed by atoms with Gasteiger partial charge >= 0.3 is 5.97 Å². The number of nitro benzene ring substituents is 1. The van der Waals surface area contributed by atoms with E-state index in [0.717, 1.165) is 0 Å². The molecule has 2 rings (SSSR count). The molecule has 0 aliphatic heterocycles. The van der Waals surface area contributed by atoms with Crippen molar-refractivity contribution in [1.29, 1.82) is 0 Å². The van der Waals surface area contributed by atoms with Crippen molar-refractivity contribution in [1.82, 2.24) is 9.97 Å². The van der Waals surface area contributed by atoms with E-state index in [1.807, 2.05) is 0 Å². The number of fused-ring (bicyclic) bond motifs is 1. The molecule has 0 aliphatic carbocycles. The number of carboxylic acid groups (broad SMARTS) is 1. The number of nitro groups is 1. The molecule has 0 saturated carbocycles. The summed E-state index contributed by atoms with van der Waals surface area (Å²) in [5.41, 5.74) is 0.438. The van der Waals surface area contributed by atoms with Crippen LogP contribution in [-0.2, 0) is 4.79 Å². The Kier molecular flexibility index (Phi) is 3.97. The Morgan fingerprint density at radius 2 is 2.19 bits per heavy atom. The molecule has 1 aromatic carbocycles. The van der Waals surface area contributed by atoms with Gasteiger partial charge in [0.2, 0.25) is 0 Å². The third-order valence-electron chi connectivity index (χ3n) is 3.28. The van der Waals surface area contributed by atoms with Crippen LogP contribution in [0.4, 0.5) is 11.5 Å². The molecule has 0 spiro atoms. The topological polar surface area (TPSA) is 109 Å². The van der Waals surface area contributed by atoms with Crippen LogP contribution >= 0.6 is 0 Å². The second-order valence-electron chi connectivity index (χ2n) is 4.53. The fourth-order valence-corrected chi connectivity index (χ4v) is 2.19. The van der Waals surface area contributed by atoms with Crippen molar-refractivity contribution in [3.05, 3.63) is 34.6 Å². The average molecular weight is 290 g/mol. The zero-order valence-corrected chi connectivity index (χ0v) is 11.6. The second kappa shape index (κ2) is 5.70. The number of anilines is 1. The molecule has 0 amide bonds. The van der Waals surface area contributed by atoms with Crippen molar-refractivity contribution < 1.29 is 14.8 Å². The molecule has 2 aromatic rings. The van der Waals surface area contributed by atoms with E-state index < -0.39 is 16.9 Å². The zero-order chi connectivity index (χ0) is 15.6. The molecular weight excluding hydrogens is 276 g/mol. The Hall–Kier alpha value is -2.77. The molecule has 1 aromatic heterocycles. The van der Waals surface area contributed by atoms with Crippen molar-refractivity contribution in [2.24, 2.45) is 0 Å². The molecule has 0 fully saturated rings. The highest BCUT2D eigenvalue weighted by molar-refractivity contribution is 5.92. The van der Waals surface area contributed by atoms with Gasteiger partial charge in [0.1, 0.15) is 18.2 Å². The van der Waals surface area contributed by atoms with Gasteiger partial charge in [0.05, 0.1) is 10.4 Å². The number of benzene rings is 1. The lowest BCUT2D eigenvalue weighted by atomic mass is 10.1. The third kappa shape index (κ3) is 2.73. The number of carboxylic acids is 1. The monoisotopic (exact) mass is 290 g/mol. The summed E-state index contributed by atoms with van der Waals surface area (Å²) >= 11 is 0. The predicted molar refractivity (Wildman–Crippen MR) is 76.3 cm³/mol. The van der Waals surface area contributed by atoms with Gasteiger partial charge in [-0.25, -0.2) is 14.8 Å². The predicted octanol–water partition coefficient (Wildman–Crippen LogP) is 1.84. The number of nitrogens with zero attached hydrogens (tertiary/aromatic N) is 4. The SMILES string of the molecule is CCC(C(=O)O)N(C)c1ncnc2ccc([N+](=O)[O-])cc12. The first-order valence-corrected chi connectivity index (χ1v) is 6.30. The fourth-order valence-electron chi connectivity index (χ4n) is 2.19. The number of aromatic nitrogens is 2. The highest BCUT2D eigenvalue weighted by Crippen LogP contribution is 2.27. The normalized spacial score (nSPS) is 12.1.